The zero-order valence-electron chi connectivity index (χ0n) is 14.3. The van der Waals surface area contributed by atoms with Crippen molar-refractivity contribution in [3.8, 4) is 5.75 Å². The maximum absolute atomic E-state index is 12.5. The van der Waals surface area contributed by atoms with E-state index >= 15 is 0 Å². The maximum Gasteiger partial charge on any atom is 0.262 e. The number of carbonyl (C=O) groups is 2. The summed E-state index contributed by atoms with van der Waals surface area (Å²) in [5.41, 5.74) is 2.64. The fourth-order valence-corrected chi connectivity index (χ4v) is 2.85. The Hall–Kier alpha value is -3.02. The fourth-order valence-electron chi connectivity index (χ4n) is 2.85. The van der Waals surface area contributed by atoms with Gasteiger partial charge in [0.05, 0.1) is 18.8 Å². The number of hydrogen-bond acceptors (Lipinski definition) is 4. The summed E-state index contributed by atoms with van der Waals surface area (Å²) in [7, 11) is 1.57. The van der Waals surface area contributed by atoms with Crippen LogP contribution < -0.4 is 20.3 Å². The number of fused-ring (bicyclic) bond motifs is 1. The third-order valence-corrected chi connectivity index (χ3v) is 4.04. The quantitative estimate of drug-likeness (QED) is 0.893. The van der Waals surface area contributed by atoms with Crippen LogP contribution in [0.5, 0.6) is 5.75 Å². The Morgan fingerprint density at radius 3 is 2.76 bits per heavy atom. The lowest BCUT2D eigenvalue weighted by Gasteiger charge is -2.35. The molecule has 2 amide bonds. The van der Waals surface area contributed by atoms with Gasteiger partial charge < -0.3 is 20.3 Å². The van der Waals surface area contributed by atoms with Gasteiger partial charge in [0.25, 0.3) is 5.91 Å². The lowest BCUT2D eigenvalue weighted by Crippen LogP contribution is -2.50. The highest BCUT2D eigenvalue weighted by atomic mass is 16.5. The van der Waals surface area contributed by atoms with E-state index < -0.39 is 6.10 Å². The van der Waals surface area contributed by atoms with Crippen molar-refractivity contribution in [2.24, 2.45) is 0 Å². The van der Waals surface area contributed by atoms with Crippen LogP contribution in [0.15, 0.2) is 48.5 Å². The van der Waals surface area contributed by atoms with Crippen LogP contribution in [0.25, 0.3) is 0 Å². The number of likely N-dealkylation sites (N-methyl/N-ethyl adjacent to an activating group) is 1. The van der Waals surface area contributed by atoms with Crippen molar-refractivity contribution in [2.75, 3.05) is 30.4 Å². The summed E-state index contributed by atoms with van der Waals surface area (Å²) in [5.74, 6) is 0.252. The highest BCUT2D eigenvalue weighted by Crippen LogP contribution is 2.32. The summed E-state index contributed by atoms with van der Waals surface area (Å²) in [6.07, 6.45) is -0.647. The van der Waals surface area contributed by atoms with Crippen LogP contribution in [0.4, 0.5) is 11.4 Å². The number of rotatable bonds is 4. The van der Waals surface area contributed by atoms with E-state index in [9.17, 15) is 9.59 Å². The van der Waals surface area contributed by atoms with Gasteiger partial charge in [0, 0.05) is 12.7 Å². The highest BCUT2D eigenvalue weighted by molar-refractivity contribution is 5.95. The van der Waals surface area contributed by atoms with Crippen LogP contribution in [0.3, 0.4) is 0 Å². The van der Waals surface area contributed by atoms with E-state index in [0.29, 0.717) is 12.3 Å². The first-order chi connectivity index (χ1) is 12.1. The minimum absolute atomic E-state index is 0.141. The molecule has 2 aromatic carbocycles. The molecule has 2 aromatic rings. The Labute approximate surface area is 146 Å². The molecule has 0 saturated carbocycles. The van der Waals surface area contributed by atoms with Gasteiger partial charge in [-0.15, -0.1) is 0 Å². The predicted molar refractivity (Wildman–Crippen MR) is 96.9 cm³/mol. The summed E-state index contributed by atoms with van der Waals surface area (Å²) < 4.78 is 5.75. The first-order valence-corrected chi connectivity index (χ1v) is 8.15. The number of ether oxygens (including phenoxy) is 1. The van der Waals surface area contributed by atoms with Gasteiger partial charge in [0.15, 0.2) is 6.10 Å². The highest BCUT2D eigenvalue weighted by Gasteiger charge is 2.30. The molecule has 0 spiro atoms. The number of anilines is 2. The molecule has 1 aliphatic heterocycles. The van der Waals surface area contributed by atoms with Crippen molar-refractivity contribution in [1.82, 2.24) is 5.32 Å². The number of para-hydroxylation sites is 2. The van der Waals surface area contributed by atoms with Crippen LogP contribution in [-0.2, 0) is 9.59 Å². The van der Waals surface area contributed by atoms with Crippen molar-refractivity contribution < 1.29 is 14.3 Å². The standard InChI is InChI=1S/C19H21N3O3/c1-13-6-5-7-14(10-13)21-18(23)12-22-11-17(19(24)20-2)25-16-9-4-3-8-15(16)22/h3-10,17H,11-12H2,1-2H3,(H,20,24)(H,21,23)/t17-/m0/s1. The average Bonchev–Trinajstić information content (AvgIpc) is 2.60. The molecule has 6 nitrogen and oxygen atoms in total. The smallest absolute Gasteiger partial charge is 0.262 e. The molecule has 0 fully saturated rings. The molecule has 0 unspecified atom stereocenters. The van der Waals surface area contributed by atoms with Gasteiger partial charge in [-0.2, -0.15) is 0 Å². The first-order valence-electron chi connectivity index (χ1n) is 8.15. The molecule has 0 aromatic heterocycles. The molecular formula is C19H21N3O3. The lowest BCUT2D eigenvalue weighted by molar-refractivity contribution is -0.127. The van der Waals surface area contributed by atoms with E-state index in [-0.39, 0.29) is 18.4 Å². The summed E-state index contributed by atoms with van der Waals surface area (Å²) in [4.78, 5) is 26.3. The molecule has 0 radical (unpaired) electrons. The minimum atomic E-state index is -0.647. The molecule has 6 heteroatoms. The molecule has 2 N–H and O–H groups in total. The number of nitrogens with one attached hydrogen (secondary N) is 2. The molecule has 0 saturated heterocycles. The Kier molecular flexibility index (Phi) is 4.88. The maximum atomic E-state index is 12.5. The normalized spacial score (nSPS) is 15.8. The molecule has 1 aliphatic rings. The number of benzene rings is 2. The van der Waals surface area contributed by atoms with Gasteiger partial charge >= 0.3 is 0 Å². The number of hydrogen-bond donors (Lipinski definition) is 2. The van der Waals surface area contributed by atoms with Gasteiger partial charge in [0.2, 0.25) is 5.91 Å². The minimum Gasteiger partial charge on any atom is -0.477 e. The number of nitrogens with zero attached hydrogens (tertiary/aromatic N) is 1. The summed E-state index contributed by atoms with van der Waals surface area (Å²) in [6.45, 7) is 2.43. The van der Waals surface area contributed by atoms with Gasteiger partial charge in [-0.3, -0.25) is 9.59 Å². The molecule has 130 valence electrons. The molecule has 1 heterocycles. The topological polar surface area (TPSA) is 70.7 Å². The van der Waals surface area contributed by atoms with E-state index in [4.69, 9.17) is 4.74 Å². The zero-order valence-corrected chi connectivity index (χ0v) is 14.3. The average molecular weight is 339 g/mol. The van der Waals surface area contributed by atoms with E-state index in [1.165, 1.54) is 0 Å². The molecule has 0 bridgehead atoms. The van der Waals surface area contributed by atoms with Crippen LogP contribution >= 0.6 is 0 Å². The van der Waals surface area contributed by atoms with Crippen LogP contribution in [-0.4, -0.2) is 38.1 Å². The Morgan fingerprint density at radius 2 is 2.00 bits per heavy atom. The number of carbonyl (C=O) groups excluding carboxylic acids is 2. The predicted octanol–water partition coefficient (Wildman–Crippen LogP) is 1.95. The Bertz CT molecular complexity index is 791. The van der Waals surface area contributed by atoms with E-state index in [1.54, 1.807) is 13.1 Å². The third kappa shape index (κ3) is 3.91. The van der Waals surface area contributed by atoms with Gasteiger partial charge in [-0.25, -0.2) is 0 Å². The molecular weight excluding hydrogens is 318 g/mol. The van der Waals surface area contributed by atoms with E-state index in [1.807, 2.05) is 54.3 Å². The Balaban J connectivity index is 1.75. The van der Waals surface area contributed by atoms with Crippen molar-refractivity contribution in [2.45, 2.75) is 13.0 Å². The van der Waals surface area contributed by atoms with Crippen molar-refractivity contribution in [3.05, 3.63) is 54.1 Å². The van der Waals surface area contributed by atoms with Crippen LogP contribution in [0, 0.1) is 6.92 Å². The second kappa shape index (κ2) is 7.25. The monoisotopic (exact) mass is 339 g/mol. The molecule has 1 atom stereocenters. The SMILES string of the molecule is CNC(=O)[C@@H]1CN(CC(=O)Nc2cccc(C)c2)c2ccccc2O1. The van der Waals surface area contributed by atoms with Crippen LogP contribution in [0.2, 0.25) is 0 Å². The third-order valence-electron chi connectivity index (χ3n) is 4.04. The van der Waals surface area contributed by atoms with Gasteiger partial charge in [0.1, 0.15) is 5.75 Å². The molecule has 3 rings (SSSR count). The number of amides is 2. The molecule has 25 heavy (non-hydrogen) atoms. The second-order valence-corrected chi connectivity index (χ2v) is 5.99. The zero-order chi connectivity index (χ0) is 17.8. The van der Waals surface area contributed by atoms with Crippen molar-refractivity contribution in [3.63, 3.8) is 0 Å². The van der Waals surface area contributed by atoms with Gasteiger partial charge in [-0.1, -0.05) is 24.3 Å². The van der Waals surface area contributed by atoms with Crippen LogP contribution in [0.1, 0.15) is 5.56 Å². The van der Waals surface area contributed by atoms with Crippen molar-refractivity contribution in [1.29, 1.82) is 0 Å². The van der Waals surface area contributed by atoms with Gasteiger partial charge in [-0.05, 0) is 36.8 Å². The first kappa shape index (κ1) is 16.8. The summed E-state index contributed by atoms with van der Waals surface area (Å²) in [6, 6.07) is 15.1. The number of aryl methyl sites for hydroxylation is 1. The summed E-state index contributed by atoms with van der Waals surface area (Å²) >= 11 is 0. The largest absolute Gasteiger partial charge is 0.477 e. The Morgan fingerprint density at radius 1 is 1.20 bits per heavy atom. The van der Waals surface area contributed by atoms with E-state index in [2.05, 4.69) is 10.6 Å². The summed E-state index contributed by atoms with van der Waals surface area (Å²) in [5, 5.41) is 5.49. The fraction of sp³-hybridized carbons (Fsp3) is 0.263. The second-order valence-electron chi connectivity index (χ2n) is 5.99. The van der Waals surface area contributed by atoms with Crippen molar-refractivity contribution >= 4 is 23.2 Å². The lowest BCUT2D eigenvalue weighted by atomic mass is 10.1. The van der Waals surface area contributed by atoms with E-state index in [0.717, 1.165) is 16.9 Å². The molecule has 0 aliphatic carbocycles.